The highest BCUT2D eigenvalue weighted by Crippen LogP contribution is 2.29. The van der Waals surface area contributed by atoms with E-state index in [0.717, 1.165) is 22.3 Å². The molecule has 0 aliphatic rings. The molecule has 6 nitrogen and oxygen atoms in total. The molecule has 0 saturated heterocycles. The number of thiazole rings is 1. The SMILES string of the molecule is CN(C)CCN(C(=O)CS(=O)(=O)c1ccc(F)cc1)c1nc2ccccc2s1. The number of sulfone groups is 1. The van der Waals surface area contributed by atoms with E-state index in [4.69, 9.17) is 0 Å². The summed E-state index contributed by atoms with van der Waals surface area (Å²) in [5.41, 5.74) is 0.756. The summed E-state index contributed by atoms with van der Waals surface area (Å²) in [6.07, 6.45) is 0. The fraction of sp³-hybridized carbons (Fsp3) is 0.263. The molecule has 3 aromatic rings. The number of rotatable bonds is 7. The molecule has 0 fully saturated rings. The molecule has 0 bridgehead atoms. The summed E-state index contributed by atoms with van der Waals surface area (Å²) < 4.78 is 39.2. The Balaban J connectivity index is 1.88. The monoisotopic (exact) mass is 421 g/mol. The minimum atomic E-state index is -3.89. The summed E-state index contributed by atoms with van der Waals surface area (Å²) in [6.45, 7) is 0.864. The van der Waals surface area contributed by atoms with E-state index < -0.39 is 27.3 Å². The first-order valence-electron chi connectivity index (χ1n) is 8.55. The van der Waals surface area contributed by atoms with E-state index in [1.807, 2.05) is 43.3 Å². The van der Waals surface area contributed by atoms with E-state index in [1.54, 1.807) is 0 Å². The molecule has 0 N–H and O–H groups in total. The van der Waals surface area contributed by atoms with Gasteiger partial charge in [0.2, 0.25) is 5.91 Å². The van der Waals surface area contributed by atoms with Crippen molar-refractivity contribution in [1.29, 1.82) is 0 Å². The van der Waals surface area contributed by atoms with Crippen molar-refractivity contribution >= 4 is 42.4 Å². The lowest BCUT2D eigenvalue weighted by molar-refractivity contribution is -0.116. The molecule has 28 heavy (non-hydrogen) atoms. The van der Waals surface area contributed by atoms with Crippen molar-refractivity contribution in [2.45, 2.75) is 4.90 Å². The summed E-state index contributed by atoms with van der Waals surface area (Å²) in [4.78, 5) is 20.6. The highest BCUT2D eigenvalue weighted by atomic mass is 32.2. The maximum absolute atomic E-state index is 13.1. The second-order valence-corrected chi connectivity index (χ2v) is 9.52. The van der Waals surface area contributed by atoms with Gasteiger partial charge >= 0.3 is 0 Å². The lowest BCUT2D eigenvalue weighted by atomic mass is 10.3. The van der Waals surface area contributed by atoms with Crippen molar-refractivity contribution in [1.82, 2.24) is 9.88 Å². The number of para-hydroxylation sites is 1. The summed E-state index contributed by atoms with van der Waals surface area (Å²) in [7, 11) is -0.150. The van der Waals surface area contributed by atoms with Crippen molar-refractivity contribution in [3.63, 3.8) is 0 Å². The van der Waals surface area contributed by atoms with Crippen molar-refractivity contribution in [2.75, 3.05) is 37.8 Å². The first kappa shape index (κ1) is 20.4. The third kappa shape index (κ3) is 4.73. The Morgan fingerprint density at radius 3 is 2.39 bits per heavy atom. The van der Waals surface area contributed by atoms with Crippen LogP contribution in [-0.2, 0) is 14.6 Å². The molecule has 0 aliphatic carbocycles. The number of nitrogens with zero attached hydrogens (tertiary/aromatic N) is 3. The predicted molar refractivity (Wildman–Crippen MR) is 109 cm³/mol. The summed E-state index contributed by atoms with van der Waals surface area (Å²) in [5, 5.41) is 0.461. The largest absolute Gasteiger partial charge is 0.308 e. The summed E-state index contributed by atoms with van der Waals surface area (Å²) >= 11 is 1.34. The number of likely N-dealkylation sites (N-methyl/N-ethyl adjacent to an activating group) is 1. The number of carbonyl (C=O) groups excluding carboxylic acids is 1. The first-order valence-corrected chi connectivity index (χ1v) is 11.0. The number of amides is 1. The zero-order chi connectivity index (χ0) is 20.3. The Morgan fingerprint density at radius 2 is 1.75 bits per heavy atom. The molecule has 0 unspecified atom stereocenters. The Bertz CT molecular complexity index is 1050. The van der Waals surface area contributed by atoms with Gasteiger partial charge in [-0.15, -0.1) is 0 Å². The number of aromatic nitrogens is 1. The molecule has 1 amide bonds. The molecule has 3 rings (SSSR count). The van der Waals surface area contributed by atoms with Gasteiger partial charge in [-0.3, -0.25) is 9.69 Å². The molecule has 0 atom stereocenters. The van der Waals surface area contributed by atoms with Crippen LogP contribution in [0.25, 0.3) is 10.2 Å². The molecule has 0 aliphatic heterocycles. The number of halogens is 1. The highest BCUT2D eigenvalue weighted by molar-refractivity contribution is 7.92. The number of benzene rings is 2. The second-order valence-electron chi connectivity index (χ2n) is 6.53. The number of hydrogen-bond acceptors (Lipinski definition) is 6. The van der Waals surface area contributed by atoms with E-state index in [9.17, 15) is 17.6 Å². The van der Waals surface area contributed by atoms with Gasteiger partial charge in [-0.05, 0) is 50.5 Å². The lowest BCUT2D eigenvalue weighted by Crippen LogP contribution is -2.40. The van der Waals surface area contributed by atoms with Crippen LogP contribution < -0.4 is 4.90 Å². The van der Waals surface area contributed by atoms with Crippen LogP contribution in [0, 0.1) is 5.82 Å². The predicted octanol–water partition coefficient (Wildman–Crippen LogP) is 2.80. The van der Waals surface area contributed by atoms with Gasteiger partial charge in [0.15, 0.2) is 15.0 Å². The van der Waals surface area contributed by atoms with E-state index >= 15 is 0 Å². The van der Waals surface area contributed by atoms with E-state index in [1.165, 1.54) is 28.4 Å². The Hall–Kier alpha value is -2.36. The quantitative estimate of drug-likeness (QED) is 0.549. The van der Waals surface area contributed by atoms with E-state index in [0.29, 0.717) is 18.2 Å². The van der Waals surface area contributed by atoms with E-state index in [-0.39, 0.29) is 4.90 Å². The minimum Gasteiger partial charge on any atom is -0.308 e. The number of fused-ring (bicyclic) bond motifs is 1. The van der Waals surface area contributed by atoms with Crippen LogP contribution in [0.5, 0.6) is 0 Å². The second kappa shape index (κ2) is 8.34. The highest BCUT2D eigenvalue weighted by Gasteiger charge is 2.26. The van der Waals surface area contributed by atoms with Gasteiger partial charge in [0.25, 0.3) is 0 Å². The number of carbonyl (C=O) groups is 1. The van der Waals surface area contributed by atoms with Crippen LogP contribution in [0.15, 0.2) is 53.4 Å². The van der Waals surface area contributed by atoms with Gasteiger partial charge in [-0.25, -0.2) is 17.8 Å². The fourth-order valence-corrected chi connectivity index (χ4v) is 4.78. The summed E-state index contributed by atoms with van der Waals surface area (Å²) in [6, 6.07) is 12.0. The maximum Gasteiger partial charge on any atom is 0.244 e. The van der Waals surface area contributed by atoms with Crippen molar-refractivity contribution in [3.8, 4) is 0 Å². The topological polar surface area (TPSA) is 70.6 Å². The molecular formula is C19H20FN3O3S2. The Morgan fingerprint density at radius 1 is 1.07 bits per heavy atom. The molecule has 148 valence electrons. The average Bonchev–Trinajstić information content (AvgIpc) is 3.05. The molecule has 0 saturated carbocycles. The third-order valence-electron chi connectivity index (χ3n) is 4.07. The van der Waals surface area contributed by atoms with Gasteiger partial charge in [-0.2, -0.15) is 0 Å². The molecule has 2 aromatic carbocycles. The van der Waals surface area contributed by atoms with Gasteiger partial charge in [0, 0.05) is 13.1 Å². The van der Waals surface area contributed by atoms with Crippen LogP contribution in [0.2, 0.25) is 0 Å². The molecule has 0 radical (unpaired) electrons. The molecule has 1 aromatic heterocycles. The molecular weight excluding hydrogens is 401 g/mol. The Labute approximate surface area is 167 Å². The standard InChI is InChI=1S/C19H20FN3O3S2/c1-22(2)11-12-23(19-21-16-5-3-4-6-17(16)27-19)18(24)13-28(25,26)15-9-7-14(20)8-10-15/h3-10H,11-13H2,1-2H3. The normalized spacial score (nSPS) is 11.9. The lowest BCUT2D eigenvalue weighted by Gasteiger charge is -2.22. The van der Waals surface area contributed by atoms with Gasteiger partial charge in [0.05, 0.1) is 15.1 Å². The Kier molecular flexibility index (Phi) is 6.07. The average molecular weight is 422 g/mol. The number of hydrogen-bond donors (Lipinski definition) is 0. The minimum absolute atomic E-state index is 0.0842. The molecule has 9 heteroatoms. The zero-order valence-electron chi connectivity index (χ0n) is 15.5. The third-order valence-corrected chi connectivity index (χ3v) is 6.75. The smallest absolute Gasteiger partial charge is 0.244 e. The maximum atomic E-state index is 13.1. The van der Waals surface area contributed by atoms with Crippen LogP contribution in [0.3, 0.4) is 0 Å². The zero-order valence-corrected chi connectivity index (χ0v) is 17.1. The van der Waals surface area contributed by atoms with Crippen molar-refractivity contribution < 1.29 is 17.6 Å². The van der Waals surface area contributed by atoms with Crippen LogP contribution >= 0.6 is 11.3 Å². The van der Waals surface area contributed by atoms with Crippen molar-refractivity contribution in [2.24, 2.45) is 0 Å². The van der Waals surface area contributed by atoms with Gasteiger partial charge < -0.3 is 4.90 Å². The molecule has 1 heterocycles. The summed E-state index contributed by atoms with van der Waals surface area (Å²) in [5.74, 6) is -1.81. The van der Waals surface area contributed by atoms with E-state index in [2.05, 4.69) is 4.98 Å². The van der Waals surface area contributed by atoms with Gasteiger partial charge in [0.1, 0.15) is 11.6 Å². The molecule has 0 spiro atoms. The number of anilines is 1. The van der Waals surface area contributed by atoms with Crippen molar-refractivity contribution in [3.05, 3.63) is 54.3 Å². The van der Waals surface area contributed by atoms with Gasteiger partial charge in [-0.1, -0.05) is 23.5 Å². The van der Waals surface area contributed by atoms with Crippen LogP contribution in [-0.4, -0.2) is 57.1 Å². The fourth-order valence-electron chi connectivity index (χ4n) is 2.57. The van der Waals surface area contributed by atoms with Crippen LogP contribution in [0.4, 0.5) is 9.52 Å². The van der Waals surface area contributed by atoms with Crippen LogP contribution in [0.1, 0.15) is 0 Å². The first-order chi connectivity index (χ1) is 13.3.